The summed E-state index contributed by atoms with van der Waals surface area (Å²) in [5.74, 6) is 0. The summed E-state index contributed by atoms with van der Waals surface area (Å²) in [6, 6.07) is 17.6. The Bertz CT molecular complexity index is 779. The molecule has 0 aliphatic carbocycles. The third-order valence-electron chi connectivity index (χ3n) is 3.09. The molecule has 1 aromatic heterocycles. The highest BCUT2D eigenvalue weighted by Crippen LogP contribution is 2.30. The van der Waals surface area contributed by atoms with Crippen LogP contribution in [0, 0.1) is 6.92 Å². The summed E-state index contributed by atoms with van der Waals surface area (Å²) < 4.78 is 0. The molecular formula is C17H14ClN3S. The van der Waals surface area contributed by atoms with Crippen LogP contribution in [-0.2, 0) is 0 Å². The largest absolute Gasteiger partial charge is 0.253 e. The Morgan fingerprint density at radius 1 is 1.09 bits per heavy atom. The fourth-order valence-corrected chi connectivity index (χ4v) is 2.93. The maximum absolute atomic E-state index is 5.85. The molecule has 110 valence electrons. The van der Waals surface area contributed by atoms with Crippen molar-refractivity contribution in [1.82, 2.24) is 4.98 Å². The smallest absolute Gasteiger partial charge is 0.204 e. The number of rotatable bonds is 4. The molecule has 5 heteroatoms. The molecule has 3 nitrogen and oxygen atoms in total. The minimum Gasteiger partial charge on any atom is -0.253 e. The molecule has 0 saturated carbocycles. The fraction of sp³-hybridized carbons (Fsp3) is 0.0588. The van der Waals surface area contributed by atoms with E-state index in [0.717, 1.165) is 26.8 Å². The first-order valence-corrected chi connectivity index (χ1v) is 7.99. The summed E-state index contributed by atoms with van der Waals surface area (Å²) in [7, 11) is 0. The molecule has 0 aliphatic rings. The second-order valence-corrected chi connectivity index (χ2v) is 6.35. The average molecular weight is 328 g/mol. The Morgan fingerprint density at radius 2 is 1.82 bits per heavy atom. The molecule has 3 aromatic rings. The van der Waals surface area contributed by atoms with E-state index >= 15 is 0 Å². The number of nitrogens with zero attached hydrogens (tertiary/aromatic N) is 2. The molecule has 0 fully saturated rings. The summed E-state index contributed by atoms with van der Waals surface area (Å²) in [5.41, 5.74) is 6.07. The van der Waals surface area contributed by atoms with Gasteiger partial charge < -0.3 is 0 Å². The van der Waals surface area contributed by atoms with Gasteiger partial charge in [-0.1, -0.05) is 54.1 Å². The quantitative estimate of drug-likeness (QED) is 0.527. The lowest BCUT2D eigenvalue weighted by Gasteiger charge is -1.97. The van der Waals surface area contributed by atoms with Crippen LogP contribution in [0.3, 0.4) is 0 Å². The Hall–Kier alpha value is -2.17. The van der Waals surface area contributed by atoms with Crippen LogP contribution in [0.5, 0.6) is 0 Å². The predicted octanol–water partition coefficient (Wildman–Crippen LogP) is 5.22. The second kappa shape index (κ2) is 6.73. The highest BCUT2D eigenvalue weighted by molar-refractivity contribution is 7.15. The molecule has 0 atom stereocenters. The highest BCUT2D eigenvalue weighted by atomic mass is 35.5. The van der Waals surface area contributed by atoms with Crippen molar-refractivity contribution < 1.29 is 0 Å². The molecule has 0 saturated heterocycles. The van der Waals surface area contributed by atoms with Gasteiger partial charge in [-0.2, -0.15) is 5.10 Å². The summed E-state index contributed by atoms with van der Waals surface area (Å²) in [4.78, 5) is 5.76. The molecule has 0 aliphatic heterocycles. The van der Waals surface area contributed by atoms with Gasteiger partial charge >= 0.3 is 0 Å². The van der Waals surface area contributed by atoms with Gasteiger partial charge in [-0.3, -0.25) is 5.43 Å². The van der Waals surface area contributed by atoms with Crippen molar-refractivity contribution in [3.8, 4) is 11.3 Å². The van der Waals surface area contributed by atoms with Crippen LogP contribution in [0.2, 0.25) is 5.02 Å². The second-order valence-electron chi connectivity index (χ2n) is 4.71. The number of hydrazone groups is 1. The van der Waals surface area contributed by atoms with Crippen LogP contribution in [0.25, 0.3) is 11.3 Å². The Labute approximate surface area is 138 Å². The van der Waals surface area contributed by atoms with Crippen molar-refractivity contribution in [1.29, 1.82) is 0 Å². The van der Waals surface area contributed by atoms with Gasteiger partial charge in [0.25, 0.3) is 0 Å². The molecule has 22 heavy (non-hydrogen) atoms. The zero-order valence-corrected chi connectivity index (χ0v) is 13.5. The molecule has 2 aromatic carbocycles. The van der Waals surface area contributed by atoms with E-state index < -0.39 is 0 Å². The zero-order chi connectivity index (χ0) is 15.4. The van der Waals surface area contributed by atoms with Gasteiger partial charge in [0.15, 0.2) is 0 Å². The third-order valence-corrected chi connectivity index (χ3v) is 4.22. The van der Waals surface area contributed by atoms with Gasteiger partial charge in [-0.25, -0.2) is 4.98 Å². The summed E-state index contributed by atoms with van der Waals surface area (Å²) in [6.07, 6.45) is 1.75. The maximum Gasteiger partial charge on any atom is 0.204 e. The van der Waals surface area contributed by atoms with E-state index in [1.807, 2.05) is 42.5 Å². The number of nitrogens with one attached hydrogen (secondary N) is 1. The number of hydrogen-bond donors (Lipinski definition) is 1. The number of aryl methyl sites for hydroxylation is 1. The first-order valence-electron chi connectivity index (χ1n) is 6.80. The number of anilines is 1. The molecule has 3 rings (SSSR count). The Kier molecular flexibility index (Phi) is 4.51. The Morgan fingerprint density at radius 3 is 2.55 bits per heavy atom. The van der Waals surface area contributed by atoms with E-state index in [4.69, 9.17) is 11.6 Å². The molecule has 1 N–H and O–H groups in total. The van der Waals surface area contributed by atoms with Gasteiger partial charge in [0, 0.05) is 15.5 Å². The van der Waals surface area contributed by atoms with Crippen molar-refractivity contribution in [3.63, 3.8) is 0 Å². The van der Waals surface area contributed by atoms with Gasteiger partial charge in [0.2, 0.25) is 5.13 Å². The number of hydrogen-bond acceptors (Lipinski definition) is 4. The molecular weight excluding hydrogens is 314 g/mol. The Balaban J connectivity index is 1.73. The molecule has 1 heterocycles. The van der Waals surface area contributed by atoms with Crippen molar-refractivity contribution in [2.45, 2.75) is 6.92 Å². The van der Waals surface area contributed by atoms with Gasteiger partial charge in [-0.05, 0) is 24.6 Å². The minimum atomic E-state index is 0.716. The van der Waals surface area contributed by atoms with E-state index in [1.165, 1.54) is 0 Å². The fourth-order valence-electron chi connectivity index (χ4n) is 2.02. The summed E-state index contributed by atoms with van der Waals surface area (Å²) in [5, 5.41) is 5.71. The topological polar surface area (TPSA) is 37.3 Å². The van der Waals surface area contributed by atoms with Crippen LogP contribution >= 0.6 is 22.9 Å². The molecule has 0 amide bonds. The minimum absolute atomic E-state index is 0.716. The van der Waals surface area contributed by atoms with Gasteiger partial charge in [0.05, 0.1) is 11.9 Å². The highest BCUT2D eigenvalue weighted by Gasteiger charge is 2.08. The van der Waals surface area contributed by atoms with E-state index in [-0.39, 0.29) is 0 Å². The predicted molar refractivity (Wildman–Crippen MR) is 95.0 cm³/mol. The average Bonchev–Trinajstić information content (AvgIpc) is 2.91. The van der Waals surface area contributed by atoms with Crippen LogP contribution < -0.4 is 5.43 Å². The SMILES string of the molecule is Cc1sc(NN=Cc2ccc(Cl)cc2)nc1-c1ccccc1. The molecule has 0 unspecified atom stereocenters. The third kappa shape index (κ3) is 3.53. The van der Waals surface area contributed by atoms with Crippen LogP contribution in [0.1, 0.15) is 10.4 Å². The lowest BCUT2D eigenvalue weighted by Crippen LogP contribution is -1.90. The van der Waals surface area contributed by atoms with Crippen LogP contribution in [0.15, 0.2) is 59.7 Å². The lowest BCUT2D eigenvalue weighted by molar-refractivity contribution is 1.28. The monoisotopic (exact) mass is 327 g/mol. The maximum atomic E-state index is 5.85. The number of halogens is 1. The standard InChI is InChI=1S/C17H14ClN3S/c1-12-16(14-5-3-2-4-6-14)20-17(22-12)21-19-11-13-7-9-15(18)10-8-13/h2-11H,1H3,(H,20,21). The first kappa shape index (κ1) is 14.8. The van der Waals surface area contributed by atoms with E-state index in [0.29, 0.717) is 5.02 Å². The molecule has 0 radical (unpaired) electrons. The van der Waals surface area contributed by atoms with Gasteiger partial charge in [0.1, 0.15) is 0 Å². The summed E-state index contributed by atoms with van der Waals surface area (Å²) in [6.45, 7) is 2.06. The van der Waals surface area contributed by atoms with E-state index in [2.05, 4.69) is 34.6 Å². The lowest BCUT2D eigenvalue weighted by atomic mass is 10.1. The van der Waals surface area contributed by atoms with Crippen LogP contribution in [-0.4, -0.2) is 11.2 Å². The zero-order valence-electron chi connectivity index (χ0n) is 12.0. The van der Waals surface area contributed by atoms with Crippen molar-refractivity contribution in [2.24, 2.45) is 5.10 Å². The van der Waals surface area contributed by atoms with E-state index in [9.17, 15) is 0 Å². The van der Waals surface area contributed by atoms with E-state index in [1.54, 1.807) is 17.6 Å². The van der Waals surface area contributed by atoms with Crippen molar-refractivity contribution in [3.05, 3.63) is 70.1 Å². The number of aromatic nitrogens is 1. The molecule has 0 bridgehead atoms. The number of thiazole rings is 1. The van der Waals surface area contributed by atoms with Gasteiger partial charge in [-0.15, -0.1) is 11.3 Å². The first-order chi connectivity index (χ1) is 10.7. The summed E-state index contributed by atoms with van der Waals surface area (Å²) >= 11 is 7.44. The van der Waals surface area contributed by atoms with Crippen LogP contribution in [0.4, 0.5) is 5.13 Å². The van der Waals surface area contributed by atoms with Crippen molar-refractivity contribution in [2.75, 3.05) is 5.43 Å². The molecule has 0 spiro atoms. The van der Waals surface area contributed by atoms with Crippen molar-refractivity contribution >= 4 is 34.3 Å². The number of benzene rings is 2. The normalized spacial score (nSPS) is 11.0.